The SMILES string of the molecule is CC/C=C\C/C=C\C/C=C\C/C=C\C/C=C\C/C=C\CCC(=O)NCCSCCNC(=O)C(C)(C)Oc1ccc(C(=O)c2ccc(Cl)cc2)cc1. The standard InChI is InChI=1S/C43H55ClN2O4S/c1-4-5-6-7-8-9-10-11-12-13-14-15-16-17-18-19-20-21-22-23-40(47)45-32-34-51-35-33-46-42(49)43(2,3)50-39-30-26-37(27-31-39)41(48)36-24-28-38(44)29-25-36/h5-6,8-9,11-12,14-15,17-18,20-21,24-31H,4,7,10,13,16,19,22-23,32-35H2,1-3H3,(H,45,47)(H,46,49)/b6-5-,9-8-,12-11-,15-14-,18-17-,21-20-. The van der Waals surface area contributed by atoms with E-state index in [-0.39, 0.29) is 17.6 Å². The summed E-state index contributed by atoms with van der Waals surface area (Å²) in [4.78, 5) is 37.6. The third kappa shape index (κ3) is 20.4. The van der Waals surface area contributed by atoms with Crippen LogP contribution in [0, 0.1) is 0 Å². The number of amides is 2. The van der Waals surface area contributed by atoms with Gasteiger partial charge in [0.25, 0.3) is 5.91 Å². The number of rotatable bonds is 25. The molecule has 2 aromatic rings. The zero-order valence-corrected chi connectivity index (χ0v) is 32.0. The van der Waals surface area contributed by atoms with Crippen LogP contribution in [0.4, 0.5) is 0 Å². The summed E-state index contributed by atoms with van der Waals surface area (Å²) in [6, 6.07) is 13.5. The van der Waals surface area contributed by atoms with Crippen LogP contribution in [-0.4, -0.2) is 47.8 Å². The summed E-state index contributed by atoms with van der Waals surface area (Å²) in [5, 5.41) is 6.44. The number of benzene rings is 2. The number of nitrogens with one attached hydrogen (secondary N) is 2. The van der Waals surface area contributed by atoms with Crippen molar-refractivity contribution < 1.29 is 19.1 Å². The first-order valence-corrected chi connectivity index (χ1v) is 19.4. The van der Waals surface area contributed by atoms with E-state index in [9.17, 15) is 14.4 Å². The molecule has 0 aliphatic rings. The van der Waals surface area contributed by atoms with Gasteiger partial charge in [-0.25, -0.2) is 0 Å². The van der Waals surface area contributed by atoms with Gasteiger partial charge in [-0.1, -0.05) is 91.4 Å². The van der Waals surface area contributed by atoms with Crippen LogP contribution in [0.5, 0.6) is 5.75 Å². The third-order valence-corrected chi connectivity index (χ3v) is 8.62. The molecular weight excluding hydrogens is 676 g/mol. The molecule has 274 valence electrons. The molecule has 2 aromatic carbocycles. The molecule has 2 amide bonds. The largest absolute Gasteiger partial charge is 0.478 e. The molecular formula is C43H55ClN2O4S. The van der Waals surface area contributed by atoms with Crippen LogP contribution in [0.3, 0.4) is 0 Å². The number of ketones is 1. The zero-order chi connectivity index (χ0) is 37.0. The Morgan fingerprint density at radius 1 is 0.667 bits per heavy atom. The highest BCUT2D eigenvalue weighted by Gasteiger charge is 2.29. The van der Waals surface area contributed by atoms with Gasteiger partial charge in [0.1, 0.15) is 5.75 Å². The predicted molar refractivity (Wildman–Crippen MR) is 217 cm³/mol. The highest BCUT2D eigenvalue weighted by Crippen LogP contribution is 2.21. The van der Waals surface area contributed by atoms with Gasteiger partial charge in [-0.3, -0.25) is 14.4 Å². The third-order valence-electron chi connectivity index (χ3n) is 7.38. The van der Waals surface area contributed by atoms with Gasteiger partial charge in [0.15, 0.2) is 11.4 Å². The van der Waals surface area contributed by atoms with E-state index in [1.807, 2.05) is 0 Å². The van der Waals surface area contributed by atoms with Crippen molar-refractivity contribution in [1.82, 2.24) is 10.6 Å². The molecule has 0 aliphatic carbocycles. The van der Waals surface area contributed by atoms with Crippen molar-refractivity contribution in [3.05, 3.63) is 138 Å². The van der Waals surface area contributed by atoms with E-state index in [1.54, 1.807) is 74.1 Å². The number of halogens is 1. The molecule has 0 bridgehead atoms. The second-order valence-corrected chi connectivity index (χ2v) is 13.8. The minimum Gasteiger partial charge on any atom is -0.478 e. The molecule has 2 rings (SSSR count). The Morgan fingerprint density at radius 2 is 1.12 bits per heavy atom. The molecule has 0 aliphatic heterocycles. The fourth-order valence-corrected chi connectivity index (χ4v) is 5.36. The summed E-state index contributed by atoms with van der Waals surface area (Å²) in [6.45, 7) is 6.64. The highest BCUT2D eigenvalue weighted by molar-refractivity contribution is 7.99. The summed E-state index contributed by atoms with van der Waals surface area (Å²) < 4.78 is 5.93. The Balaban J connectivity index is 1.47. The van der Waals surface area contributed by atoms with Crippen LogP contribution in [0.1, 0.15) is 88.1 Å². The maximum Gasteiger partial charge on any atom is 0.263 e. The molecule has 6 nitrogen and oxygen atoms in total. The maximum atomic E-state index is 12.8. The Hall–Kier alpha value is -4.07. The first-order valence-electron chi connectivity index (χ1n) is 17.8. The molecule has 8 heteroatoms. The van der Waals surface area contributed by atoms with Crippen molar-refractivity contribution in [2.75, 3.05) is 24.6 Å². The van der Waals surface area contributed by atoms with E-state index < -0.39 is 5.60 Å². The lowest BCUT2D eigenvalue weighted by Crippen LogP contribution is -2.47. The van der Waals surface area contributed by atoms with Gasteiger partial charge in [0.2, 0.25) is 5.91 Å². The minimum absolute atomic E-state index is 0.0460. The van der Waals surface area contributed by atoms with Crippen molar-refractivity contribution >= 4 is 41.0 Å². The number of hydrogen-bond acceptors (Lipinski definition) is 5. The first-order chi connectivity index (χ1) is 24.7. The number of thioether (sulfide) groups is 1. The predicted octanol–water partition coefficient (Wildman–Crippen LogP) is 10.2. The second-order valence-electron chi connectivity index (χ2n) is 12.1. The lowest BCUT2D eigenvalue weighted by molar-refractivity contribution is -0.134. The van der Waals surface area contributed by atoms with Gasteiger partial charge in [-0.15, -0.1) is 0 Å². The summed E-state index contributed by atoms with van der Waals surface area (Å²) >= 11 is 7.58. The molecule has 0 fully saturated rings. The van der Waals surface area contributed by atoms with Crippen LogP contribution in [0.2, 0.25) is 5.02 Å². The van der Waals surface area contributed by atoms with Crippen molar-refractivity contribution in [2.45, 2.75) is 77.7 Å². The smallest absolute Gasteiger partial charge is 0.263 e. The molecule has 0 aromatic heterocycles. The Kier molecular flexibility index (Phi) is 22.6. The zero-order valence-electron chi connectivity index (χ0n) is 30.5. The molecule has 0 atom stereocenters. The fourth-order valence-electron chi connectivity index (χ4n) is 4.54. The molecule has 2 N–H and O–H groups in total. The number of carbonyl (C=O) groups excluding carboxylic acids is 3. The fraction of sp³-hybridized carbons (Fsp3) is 0.372. The monoisotopic (exact) mass is 730 g/mol. The van der Waals surface area contributed by atoms with E-state index in [2.05, 4.69) is 90.5 Å². The van der Waals surface area contributed by atoms with Crippen molar-refractivity contribution in [1.29, 1.82) is 0 Å². The number of carbonyl (C=O) groups is 3. The summed E-state index contributed by atoms with van der Waals surface area (Å²) in [5.41, 5.74) is -0.0289. The maximum absolute atomic E-state index is 12.8. The minimum atomic E-state index is -1.09. The van der Waals surface area contributed by atoms with Crippen LogP contribution in [-0.2, 0) is 9.59 Å². The summed E-state index contributed by atoms with van der Waals surface area (Å²) in [7, 11) is 0. The average Bonchev–Trinajstić information content (AvgIpc) is 3.12. The molecule has 0 radical (unpaired) electrons. The van der Waals surface area contributed by atoms with Crippen molar-refractivity contribution in [3.8, 4) is 5.75 Å². The molecule has 51 heavy (non-hydrogen) atoms. The van der Waals surface area contributed by atoms with Gasteiger partial charge in [0, 0.05) is 47.2 Å². The molecule has 0 heterocycles. The van der Waals surface area contributed by atoms with Gasteiger partial charge >= 0.3 is 0 Å². The first kappa shape index (κ1) is 43.1. The van der Waals surface area contributed by atoms with Gasteiger partial charge in [-0.2, -0.15) is 11.8 Å². The van der Waals surface area contributed by atoms with Crippen LogP contribution >= 0.6 is 23.4 Å². The number of allylic oxidation sites excluding steroid dienone is 12. The molecule has 0 saturated carbocycles. The van der Waals surface area contributed by atoms with E-state index in [0.717, 1.165) is 56.5 Å². The van der Waals surface area contributed by atoms with E-state index >= 15 is 0 Å². The van der Waals surface area contributed by atoms with Gasteiger partial charge in [-0.05, 0) is 107 Å². The Labute approximate surface area is 315 Å². The summed E-state index contributed by atoms with van der Waals surface area (Å²) in [6.07, 6.45) is 33.1. The average molecular weight is 731 g/mol. The lowest BCUT2D eigenvalue weighted by atomic mass is 10.0. The molecule has 0 unspecified atom stereocenters. The number of ether oxygens (including phenoxy) is 1. The van der Waals surface area contributed by atoms with Crippen LogP contribution < -0.4 is 15.4 Å². The molecule has 0 saturated heterocycles. The van der Waals surface area contributed by atoms with Gasteiger partial charge in [0.05, 0.1) is 0 Å². The quantitative estimate of drug-likeness (QED) is 0.0604. The number of hydrogen-bond donors (Lipinski definition) is 2. The van der Waals surface area contributed by atoms with E-state index in [0.29, 0.717) is 41.4 Å². The second kappa shape index (κ2) is 26.7. The van der Waals surface area contributed by atoms with E-state index in [4.69, 9.17) is 16.3 Å². The summed E-state index contributed by atoms with van der Waals surface area (Å²) in [5.74, 6) is 1.68. The molecule has 0 spiro atoms. The Bertz CT molecular complexity index is 1490. The van der Waals surface area contributed by atoms with Crippen molar-refractivity contribution in [3.63, 3.8) is 0 Å². The van der Waals surface area contributed by atoms with Gasteiger partial charge < -0.3 is 15.4 Å². The highest BCUT2D eigenvalue weighted by atomic mass is 35.5. The van der Waals surface area contributed by atoms with Crippen molar-refractivity contribution in [2.24, 2.45) is 0 Å². The normalized spacial score (nSPS) is 12.3. The Morgan fingerprint density at radius 3 is 1.63 bits per heavy atom. The van der Waals surface area contributed by atoms with Crippen LogP contribution in [0.15, 0.2) is 121 Å². The lowest BCUT2D eigenvalue weighted by Gasteiger charge is -2.25. The van der Waals surface area contributed by atoms with Crippen LogP contribution in [0.25, 0.3) is 0 Å². The van der Waals surface area contributed by atoms with E-state index in [1.165, 1.54) is 0 Å². The topological polar surface area (TPSA) is 84.5 Å².